The van der Waals surface area contributed by atoms with Gasteiger partial charge in [0.2, 0.25) is 0 Å². The van der Waals surface area contributed by atoms with Crippen LogP contribution < -0.4 is 10.6 Å². The van der Waals surface area contributed by atoms with Crippen molar-refractivity contribution in [2.45, 2.75) is 38.1 Å². The highest BCUT2D eigenvalue weighted by molar-refractivity contribution is 5.90. The lowest BCUT2D eigenvalue weighted by Gasteiger charge is -2.28. The van der Waals surface area contributed by atoms with E-state index in [2.05, 4.69) is 10.6 Å². The van der Waals surface area contributed by atoms with Crippen LogP contribution in [0.1, 0.15) is 31.2 Å². The molecule has 5 heteroatoms. The van der Waals surface area contributed by atoms with Crippen molar-refractivity contribution in [1.29, 1.82) is 0 Å². The van der Waals surface area contributed by atoms with Crippen LogP contribution in [-0.4, -0.2) is 23.3 Å². The first-order valence-electron chi connectivity index (χ1n) is 6.51. The smallest absolute Gasteiger partial charge is 0.319 e. The molecular weight excluding hydrogens is 247 g/mol. The summed E-state index contributed by atoms with van der Waals surface area (Å²) in [7, 11) is 0. The summed E-state index contributed by atoms with van der Waals surface area (Å²) in [5, 5.41) is 14.7. The third-order valence-electron chi connectivity index (χ3n) is 3.61. The molecule has 0 spiro atoms. The number of carbonyl (C=O) groups is 1. The van der Waals surface area contributed by atoms with Gasteiger partial charge in [-0.15, -0.1) is 0 Å². The molecule has 0 atom stereocenters. The molecular formula is C14H19FN2O2. The summed E-state index contributed by atoms with van der Waals surface area (Å²) in [5.74, 6) is -0.467. The Hall–Kier alpha value is -1.62. The zero-order valence-electron chi connectivity index (χ0n) is 11.0. The molecule has 0 bridgehead atoms. The summed E-state index contributed by atoms with van der Waals surface area (Å²) in [5.41, 5.74) is 0.475. The third kappa shape index (κ3) is 3.23. The first-order chi connectivity index (χ1) is 9.04. The molecule has 19 heavy (non-hydrogen) atoms. The van der Waals surface area contributed by atoms with Gasteiger partial charge in [0.25, 0.3) is 0 Å². The molecule has 104 valence electrons. The average Bonchev–Trinajstić information content (AvgIpc) is 2.83. The van der Waals surface area contributed by atoms with Gasteiger partial charge < -0.3 is 15.7 Å². The molecule has 0 radical (unpaired) electrons. The number of nitrogens with one attached hydrogen (secondary N) is 2. The monoisotopic (exact) mass is 266 g/mol. The molecule has 0 unspecified atom stereocenters. The number of hydrogen-bond acceptors (Lipinski definition) is 2. The second kappa shape index (κ2) is 5.57. The first kappa shape index (κ1) is 13.8. The van der Waals surface area contributed by atoms with E-state index < -0.39 is 17.4 Å². The van der Waals surface area contributed by atoms with E-state index in [-0.39, 0.29) is 12.3 Å². The predicted octanol–water partition coefficient (Wildman–Crippen LogP) is 2.56. The van der Waals surface area contributed by atoms with E-state index in [1.807, 2.05) is 6.92 Å². The van der Waals surface area contributed by atoms with Crippen LogP contribution in [0.5, 0.6) is 0 Å². The van der Waals surface area contributed by atoms with Gasteiger partial charge in [0.15, 0.2) is 0 Å². The number of carbonyl (C=O) groups excluding carboxylic acids is 1. The summed E-state index contributed by atoms with van der Waals surface area (Å²) < 4.78 is 13.5. The van der Waals surface area contributed by atoms with E-state index in [0.717, 1.165) is 31.2 Å². The molecule has 2 amide bonds. The van der Waals surface area contributed by atoms with Gasteiger partial charge in [-0.3, -0.25) is 0 Å². The van der Waals surface area contributed by atoms with Crippen molar-refractivity contribution >= 4 is 11.7 Å². The van der Waals surface area contributed by atoms with E-state index in [9.17, 15) is 14.3 Å². The zero-order valence-corrected chi connectivity index (χ0v) is 11.0. The number of amides is 2. The number of urea groups is 1. The SMILES string of the molecule is Cc1ccc(F)c(NC(=O)NC2(CO)CCCC2)c1. The van der Waals surface area contributed by atoms with Crippen LogP contribution >= 0.6 is 0 Å². The first-order valence-corrected chi connectivity index (χ1v) is 6.51. The van der Waals surface area contributed by atoms with Crippen LogP contribution in [0.25, 0.3) is 0 Å². The normalized spacial score (nSPS) is 17.2. The van der Waals surface area contributed by atoms with E-state index in [1.54, 1.807) is 12.1 Å². The molecule has 0 heterocycles. The quantitative estimate of drug-likeness (QED) is 0.787. The number of aliphatic hydroxyl groups is 1. The van der Waals surface area contributed by atoms with Crippen molar-refractivity contribution in [3.05, 3.63) is 29.6 Å². The Labute approximate surface area is 112 Å². The van der Waals surface area contributed by atoms with Crippen LogP contribution in [0.2, 0.25) is 0 Å². The fourth-order valence-corrected chi connectivity index (χ4v) is 2.50. The van der Waals surface area contributed by atoms with Gasteiger partial charge in [0.1, 0.15) is 5.82 Å². The van der Waals surface area contributed by atoms with E-state index in [1.165, 1.54) is 6.07 Å². The van der Waals surface area contributed by atoms with Crippen molar-refractivity contribution in [1.82, 2.24) is 5.32 Å². The summed E-state index contributed by atoms with van der Waals surface area (Å²) >= 11 is 0. The lowest BCUT2D eigenvalue weighted by Crippen LogP contribution is -2.50. The van der Waals surface area contributed by atoms with Crippen LogP contribution in [0.15, 0.2) is 18.2 Å². The molecule has 1 aromatic carbocycles. The topological polar surface area (TPSA) is 61.4 Å². The van der Waals surface area contributed by atoms with Gasteiger partial charge in [-0.1, -0.05) is 18.9 Å². The number of hydrogen-bond donors (Lipinski definition) is 3. The maximum absolute atomic E-state index is 13.5. The Morgan fingerprint density at radius 2 is 2.11 bits per heavy atom. The standard InChI is InChI=1S/C14H19FN2O2/c1-10-4-5-11(15)12(8-10)16-13(19)17-14(9-18)6-2-3-7-14/h4-5,8,18H,2-3,6-7,9H2,1H3,(H2,16,17,19). The zero-order chi connectivity index (χ0) is 13.9. The highest BCUT2D eigenvalue weighted by atomic mass is 19.1. The predicted molar refractivity (Wildman–Crippen MR) is 71.6 cm³/mol. The number of aryl methyl sites for hydroxylation is 1. The fraction of sp³-hybridized carbons (Fsp3) is 0.500. The van der Waals surface area contributed by atoms with Gasteiger partial charge in [0.05, 0.1) is 17.8 Å². The molecule has 4 nitrogen and oxygen atoms in total. The van der Waals surface area contributed by atoms with Crippen LogP contribution in [0, 0.1) is 12.7 Å². The molecule has 1 aromatic rings. The van der Waals surface area contributed by atoms with Crippen LogP contribution in [-0.2, 0) is 0 Å². The van der Waals surface area contributed by atoms with Crippen molar-refractivity contribution in [3.8, 4) is 0 Å². The Balaban J connectivity index is 2.03. The molecule has 1 aliphatic carbocycles. The van der Waals surface area contributed by atoms with Crippen LogP contribution in [0.3, 0.4) is 0 Å². The average molecular weight is 266 g/mol. The number of benzene rings is 1. The second-order valence-electron chi connectivity index (χ2n) is 5.21. The fourth-order valence-electron chi connectivity index (χ4n) is 2.50. The number of halogens is 1. The number of anilines is 1. The highest BCUT2D eigenvalue weighted by Crippen LogP contribution is 2.29. The summed E-state index contributed by atoms with van der Waals surface area (Å²) in [6, 6.07) is 4.07. The number of aliphatic hydroxyl groups excluding tert-OH is 1. The molecule has 3 N–H and O–H groups in total. The minimum Gasteiger partial charge on any atom is -0.394 e. The van der Waals surface area contributed by atoms with Crippen molar-refractivity contribution in [3.63, 3.8) is 0 Å². The largest absolute Gasteiger partial charge is 0.394 e. The summed E-state index contributed by atoms with van der Waals surface area (Å²) in [6.07, 6.45) is 3.49. The minimum absolute atomic E-state index is 0.0866. The van der Waals surface area contributed by atoms with Crippen LogP contribution in [0.4, 0.5) is 14.9 Å². The number of rotatable bonds is 3. The molecule has 0 aliphatic heterocycles. The second-order valence-corrected chi connectivity index (χ2v) is 5.21. The van der Waals surface area contributed by atoms with Gasteiger partial charge in [-0.05, 0) is 37.5 Å². The Bertz CT molecular complexity index is 471. The van der Waals surface area contributed by atoms with Crippen molar-refractivity contribution in [2.24, 2.45) is 0 Å². The molecule has 0 saturated heterocycles. The highest BCUT2D eigenvalue weighted by Gasteiger charge is 2.34. The summed E-state index contributed by atoms with van der Waals surface area (Å²) in [6.45, 7) is 1.74. The molecule has 1 saturated carbocycles. The molecule has 1 fully saturated rings. The van der Waals surface area contributed by atoms with E-state index in [0.29, 0.717) is 0 Å². The Kier molecular flexibility index (Phi) is 4.04. The van der Waals surface area contributed by atoms with E-state index in [4.69, 9.17) is 0 Å². The van der Waals surface area contributed by atoms with Gasteiger partial charge in [-0.2, -0.15) is 0 Å². The maximum atomic E-state index is 13.5. The van der Waals surface area contributed by atoms with Crippen molar-refractivity contribution in [2.75, 3.05) is 11.9 Å². The molecule has 2 rings (SSSR count). The lowest BCUT2D eigenvalue weighted by molar-refractivity contribution is 0.167. The third-order valence-corrected chi connectivity index (χ3v) is 3.61. The Morgan fingerprint density at radius 3 is 2.74 bits per heavy atom. The lowest BCUT2D eigenvalue weighted by atomic mass is 9.99. The van der Waals surface area contributed by atoms with Crippen molar-refractivity contribution < 1.29 is 14.3 Å². The molecule has 0 aromatic heterocycles. The minimum atomic E-state index is -0.551. The van der Waals surface area contributed by atoms with Gasteiger partial charge in [0, 0.05) is 0 Å². The van der Waals surface area contributed by atoms with E-state index >= 15 is 0 Å². The van der Waals surface area contributed by atoms with Gasteiger partial charge >= 0.3 is 6.03 Å². The maximum Gasteiger partial charge on any atom is 0.319 e. The summed E-state index contributed by atoms with van der Waals surface area (Å²) in [4.78, 5) is 11.9. The van der Waals surface area contributed by atoms with Gasteiger partial charge in [-0.25, -0.2) is 9.18 Å². The Morgan fingerprint density at radius 1 is 1.42 bits per heavy atom. The molecule has 1 aliphatic rings.